The van der Waals surface area contributed by atoms with Gasteiger partial charge < -0.3 is 10.8 Å². The zero-order valence-electron chi connectivity index (χ0n) is 6.60. The minimum Gasteiger partial charge on any atom is -0.480 e. The number of hydrogen-bond donors (Lipinski definition) is 2. The van der Waals surface area contributed by atoms with Crippen LogP contribution in [0.2, 0.25) is 0 Å². The Hall–Kier alpha value is -1.35. The van der Waals surface area contributed by atoms with Crippen LogP contribution in [0.3, 0.4) is 0 Å². The SMILES string of the molecule is NC(C(=O)O)C1=CCC=CC=C1. The van der Waals surface area contributed by atoms with Crippen molar-refractivity contribution in [2.24, 2.45) is 5.73 Å². The van der Waals surface area contributed by atoms with Crippen molar-refractivity contribution in [3.05, 3.63) is 36.0 Å². The van der Waals surface area contributed by atoms with Crippen molar-refractivity contribution >= 4 is 5.97 Å². The van der Waals surface area contributed by atoms with Gasteiger partial charge in [0.1, 0.15) is 6.04 Å². The quantitative estimate of drug-likeness (QED) is 0.637. The first-order valence-electron chi connectivity index (χ1n) is 3.73. The third kappa shape index (κ3) is 2.07. The number of hydrogen-bond acceptors (Lipinski definition) is 2. The lowest BCUT2D eigenvalue weighted by molar-refractivity contribution is -0.137. The van der Waals surface area contributed by atoms with Crippen LogP contribution in [0.4, 0.5) is 0 Å². The van der Waals surface area contributed by atoms with Gasteiger partial charge in [-0.05, 0) is 12.0 Å². The van der Waals surface area contributed by atoms with Crippen LogP contribution < -0.4 is 5.73 Å². The van der Waals surface area contributed by atoms with E-state index in [-0.39, 0.29) is 0 Å². The van der Waals surface area contributed by atoms with Crippen LogP contribution in [0.25, 0.3) is 0 Å². The van der Waals surface area contributed by atoms with Crippen LogP contribution in [0, 0.1) is 0 Å². The molecule has 0 heterocycles. The molecule has 0 aromatic rings. The Kier molecular flexibility index (Phi) is 2.82. The van der Waals surface area contributed by atoms with Gasteiger partial charge in [0.25, 0.3) is 0 Å². The van der Waals surface area contributed by atoms with Crippen LogP contribution in [0.1, 0.15) is 6.42 Å². The first kappa shape index (κ1) is 8.74. The summed E-state index contributed by atoms with van der Waals surface area (Å²) in [5.41, 5.74) is 6.07. The fraction of sp³-hybridized carbons (Fsp3) is 0.222. The van der Waals surface area contributed by atoms with Crippen molar-refractivity contribution in [3.8, 4) is 0 Å². The van der Waals surface area contributed by atoms with E-state index in [1.165, 1.54) is 0 Å². The molecule has 0 spiro atoms. The molecule has 1 atom stereocenters. The van der Waals surface area contributed by atoms with Crippen LogP contribution in [0.15, 0.2) is 36.0 Å². The van der Waals surface area contributed by atoms with Gasteiger partial charge in [-0.25, -0.2) is 0 Å². The Labute approximate surface area is 70.9 Å². The van der Waals surface area contributed by atoms with Gasteiger partial charge in [0, 0.05) is 0 Å². The first-order chi connectivity index (χ1) is 5.72. The molecule has 1 unspecified atom stereocenters. The number of aliphatic carboxylic acids is 1. The zero-order chi connectivity index (χ0) is 8.97. The molecule has 12 heavy (non-hydrogen) atoms. The minimum absolute atomic E-state index is 0.660. The molecule has 0 aliphatic heterocycles. The highest BCUT2D eigenvalue weighted by Crippen LogP contribution is 2.08. The second-order valence-corrected chi connectivity index (χ2v) is 2.54. The smallest absolute Gasteiger partial charge is 0.325 e. The maximum atomic E-state index is 10.5. The molecule has 1 rings (SSSR count). The monoisotopic (exact) mass is 165 g/mol. The number of rotatable bonds is 2. The lowest BCUT2D eigenvalue weighted by atomic mass is 10.1. The van der Waals surface area contributed by atoms with E-state index in [1.807, 2.05) is 18.2 Å². The van der Waals surface area contributed by atoms with Gasteiger partial charge in [0.05, 0.1) is 0 Å². The Morgan fingerprint density at radius 1 is 1.58 bits per heavy atom. The van der Waals surface area contributed by atoms with Gasteiger partial charge in [0.2, 0.25) is 0 Å². The van der Waals surface area contributed by atoms with Crippen molar-refractivity contribution < 1.29 is 9.90 Å². The van der Waals surface area contributed by atoms with Crippen LogP contribution >= 0.6 is 0 Å². The average molecular weight is 165 g/mol. The maximum Gasteiger partial charge on any atom is 0.325 e. The number of nitrogens with two attached hydrogens (primary N) is 1. The number of carboxylic acids is 1. The largest absolute Gasteiger partial charge is 0.480 e. The Morgan fingerprint density at radius 3 is 3.00 bits per heavy atom. The van der Waals surface area contributed by atoms with Crippen molar-refractivity contribution in [1.82, 2.24) is 0 Å². The molecule has 3 N–H and O–H groups in total. The van der Waals surface area contributed by atoms with Crippen LogP contribution in [0.5, 0.6) is 0 Å². The fourth-order valence-electron chi connectivity index (χ4n) is 0.969. The number of carboxylic acid groups (broad SMARTS) is 1. The van der Waals surface area contributed by atoms with E-state index in [0.29, 0.717) is 5.57 Å². The molecular weight excluding hydrogens is 154 g/mol. The summed E-state index contributed by atoms with van der Waals surface area (Å²) in [6, 6.07) is -0.902. The second kappa shape index (κ2) is 3.88. The molecule has 3 nitrogen and oxygen atoms in total. The average Bonchev–Trinajstić information content (AvgIpc) is 2.30. The van der Waals surface area contributed by atoms with Gasteiger partial charge in [-0.1, -0.05) is 30.4 Å². The van der Waals surface area contributed by atoms with Gasteiger partial charge >= 0.3 is 5.97 Å². The number of carbonyl (C=O) groups is 1. The molecule has 0 bridgehead atoms. The zero-order valence-corrected chi connectivity index (χ0v) is 6.60. The lowest BCUT2D eigenvalue weighted by Crippen LogP contribution is -2.31. The van der Waals surface area contributed by atoms with Gasteiger partial charge in [0.15, 0.2) is 0 Å². The van der Waals surface area contributed by atoms with Gasteiger partial charge in [-0.3, -0.25) is 4.79 Å². The Balaban J connectivity index is 2.75. The van der Waals surface area contributed by atoms with E-state index in [1.54, 1.807) is 12.2 Å². The Bertz CT molecular complexity index is 264. The van der Waals surface area contributed by atoms with Crippen LogP contribution in [-0.4, -0.2) is 17.1 Å². The van der Waals surface area contributed by atoms with E-state index in [9.17, 15) is 4.79 Å². The summed E-state index contributed by atoms with van der Waals surface area (Å²) in [5, 5.41) is 8.61. The second-order valence-electron chi connectivity index (χ2n) is 2.54. The standard InChI is InChI=1S/C9H11NO2/c10-8(9(11)12)7-5-3-1-2-4-6-7/h1-3,5-6,8H,4,10H2,(H,11,12). The molecule has 0 amide bonds. The fourth-order valence-corrected chi connectivity index (χ4v) is 0.969. The molecule has 0 saturated carbocycles. The predicted molar refractivity (Wildman–Crippen MR) is 46.6 cm³/mol. The van der Waals surface area contributed by atoms with Crippen molar-refractivity contribution in [3.63, 3.8) is 0 Å². The molecule has 1 aliphatic rings. The molecule has 1 aliphatic carbocycles. The molecule has 0 fully saturated rings. The topological polar surface area (TPSA) is 63.3 Å². The highest BCUT2D eigenvalue weighted by atomic mass is 16.4. The van der Waals surface area contributed by atoms with Crippen LogP contribution in [-0.2, 0) is 4.79 Å². The molecule has 0 saturated heterocycles. The van der Waals surface area contributed by atoms with E-state index in [4.69, 9.17) is 10.8 Å². The summed E-state index contributed by atoms with van der Waals surface area (Å²) in [5.74, 6) is -0.993. The predicted octanol–water partition coefficient (Wildman–Crippen LogP) is 0.841. The molecular formula is C9H11NO2. The van der Waals surface area contributed by atoms with Crippen molar-refractivity contribution in [2.45, 2.75) is 12.5 Å². The normalized spacial score (nSPS) is 18.2. The highest BCUT2D eigenvalue weighted by molar-refractivity contribution is 5.78. The van der Waals surface area contributed by atoms with E-state index >= 15 is 0 Å². The Morgan fingerprint density at radius 2 is 2.33 bits per heavy atom. The molecule has 0 radical (unpaired) electrons. The van der Waals surface area contributed by atoms with Crippen molar-refractivity contribution in [2.75, 3.05) is 0 Å². The summed E-state index contributed by atoms with van der Waals surface area (Å²) in [4.78, 5) is 10.5. The third-order valence-corrected chi connectivity index (χ3v) is 1.65. The minimum atomic E-state index is -0.993. The molecule has 0 aromatic carbocycles. The summed E-state index contributed by atoms with van der Waals surface area (Å²) < 4.78 is 0. The molecule has 3 heteroatoms. The summed E-state index contributed by atoms with van der Waals surface area (Å²) in [6.45, 7) is 0. The summed E-state index contributed by atoms with van der Waals surface area (Å²) >= 11 is 0. The highest BCUT2D eigenvalue weighted by Gasteiger charge is 2.14. The maximum absolute atomic E-state index is 10.5. The lowest BCUT2D eigenvalue weighted by Gasteiger charge is -2.05. The van der Waals surface area contributed by atoms with E-state index in [0.717, 1.165) is 6.42 Å². The van der Waals surface area contributed by atoms with Crippen molar-refractivity contribution in [1.29, 1.82) is 0 Å². The third-order valence-electron chi connectivity index (χ3n) is 1.65. The van der Waals surface area contributed by atoms with Gasteiger partial charge in [-0.15, -0.1) is 0 Å². The van der Waals surface area contributed by atoms with E-state index in [2.05, 4.69) is 0 Å². The number of allylic oxidation sites excluding steroid dienone is 4. The first-order valence-corrected chi connectivity index (χ1v) is 3.73. The van der Waals surface area contributed by atoms with Gasteiger partial charge in [-0.2, -0.15) is 0 Å². The summed E-state index contributed by atoms with van der Waals surface area (Å²) in [6.07, 6.45) is 9.89. The molecule has 64 valence electrons. The van der Waals surface area contributed by atoms with E-state index < -0.39 is 12.0 Å². The molecule has 0 aromatic heterocycles. The summed E-state index contributed by atoms with van der Waals surface area (Å²) in [7, 11) is 0.